The monoisotopic (exact) mass is 313 g/mol. The van der Waals surface area contributed by atoms with Crippen LogP contribution in [-0.2, 0) is 17.5 Å². The minimum atomic E-state index is -1.06. The first-order valence-electron chi connectivity index (χ1n) is 7.43. The second-order valence-electron chi connectivity index (χ2n) is 6.15. The van der Waals surface area contributed by atoms with Gasteiger partial charge in [0.1, 0.15) is 0 Å². The lowest BCUT2D eigenvalue weighted by Gasteiger charge is -2.18. The second kappa shape index (κ2) is 7.52. The maximum absolute atomic E-state index is 12.1. The van der Waals surface area contributed by atoms with E-state index in [0.717, 1.165) is 11.1 Å². The molecule has 0 aliphatic rings. The van der Waals surface area contributed by atoms with Crippen LogP contribution in [0.5, 0.6) is 0 Å². The zero-order chi connectivity index (χ0) is 16.0. The summed E-state index contributed by atoms with van der Waals surface area (Å²) in [6.45, 7) is 6.51. The normalized spacial score (nSPS) is 13.4. The van der Waals surface area contributed by atoms with Crippen molar-refractivity contribution in [3.63, 3.8) is 0 Å². The standard InChI is InChI=1S/C19H23NOS/c1-19(2,3)22(21)20-15-18-12-8-7-11-17(18)14-13-16-9-5-4-6-10-16/h4-14,20H,15H2,1-3H3/b14-13+/t22-/m0/s1. The lowest BCUT2D eigenvalue weighted by molar-refractivity contribution is 0.635. The van der Waals surface area contributed by atoms with Gasteiger partial charge >= 0.3 is 0 Å². The second-order valence-corrected chi connectivity index (χ2v) is 8.20. The fourth-order valence-corrected chi connectivity index (χ4v) is 2.69. The molecule has 2 aromatic carbocycles. The van der Waals surface area contributed by atoms with E-state index in [4.69, 9.17) is 0 Å². The molecule has 0 spiro atoms. The highest BCUT2D eigenvalue weighted by Gasteiger charge is 2.19. The largest absolute Gasteiger partial charge is 0.242 e. The van der Waals surface area contributed by atoms with Gasteiger partial charge in [0.05, 0.1) is 15.7 Å². The van der Waals surface area contributed by atoms with Crippen LogP contribution in [0.1, 0.15) is 37.5 Å². The van der Waals surface area contributed by atoms with Crippen LogP contribution in [0.2, 0.25) is 0 Å². The fourth-order valence-electron chi connectivity index (χ4n) is 1.97. The van der Waals surface area contributed by atoms with Crippen molar-refractivity contribution in [2.24, 2.45) is 0 Å². The summed E-state index contributed by atoms with van der Waals surface area (Å²) < 4.78 is 15.0. The van der Waals surface area contributed by atoms with Crippen molar-refractivity contribution in [3.8, 4) is 0 Å². The zero-order valence-corrected chi connectivity index (χ0v) is 14.2. The predicted molar refractivity (Wildman–Crippen MR) is 96.5 cm³/mol. The molecule has 116 valence electrons. The van der Waals surface area contributed by atoms with E-state index in [1.54, 1.807) is 0 Å². The summed E-state index contributed by atoms with van der Waals surface area (Å²) in [6, 6.07) is 18.4. The molecule has 0 radical (unpaired) electrons. The molecular weight excluding hydrogens is 290 g/mol. The Balaban J connectivity index is 2.10. The molecule has 22 heavy (non-hydrogen) atoms. The molecule has 0 unspecified atom stereocenters. The van der Waals surface area contributed by atoms with Crippen LogP contribution in [0.15, 0.2) is 54.6 Å². The topological polar surface area (TPSA) is 29.1 Å². The Labute approximate surface area is 135 Å². The van der Waals surface area contributed by atoms with E-state index in [2.05, 4.69) is 41.1 Å². The molecule has 2 rings (SSSR count). The lowest BCUT2D eigenvalue weighted by atomic mass is 10.1. The molecule has 0 fully saturated rings. The quantitative estimate of drug-likeness (QED) is 0.814. The van der Waals surface area contributed by atoms with Gasteiger partial charge in [-0.3, -0.25) is 0 Å². The molecule has 2 nitrogen and oxygen atoms in total. The van der Waals surface area contributed by atoms with Gasteiger partial charge in [-0.2, -0.15) is 0 Å². The van der Waals surface area contributed by atoms with Crippen LogP contribution in [-0.4, -0.2) is 8.96 Å². The third-order valence-electron chi connectivity index (χ3n) is 3.26. The van der Waals surface area contributed by atoms with Crippen molar-refractivity contribution in [1.82, 2.24) is 4.72 Å². The van der Waals surface area contributed by atoms with E-state index in [0.29, 0.717) is 6.54 Å². The minimum absolute atomic E-state index is 0.255. The molecule has 0 aromatic heterocycles. The average molecular weight is 313 g/mol. The van der Waals surface area contributed by atoms with Gasteiger partial charge in [-0.25, -0.2) is 8.93 Å². The van der Waals surface area contributed by atoms with Gasteiger partial charge in [-0.15, -0.1) is 0 Å². The summed E-state index contributed by atoms with van der Waals surface area (Å²) in [5, 5.41) is 0. The average Bonchev–Trinajstić information content (AvgIpc) is 2.51. The molecular formula is C19H23NOS. The van der Waals surface area contributed by atoms with Gasteiger partial charge in [0.25, 0.3) is 0 Å². The van der Waals surface area contributed by atoms with Gasteiger partial charge in [-0.1, -0.05) is 66.7 Å². The van der Waals surface area contributed by atoms with Crippen LogP contribution < -0.4 is 4.72 Å². The summed E-state index contributed by atoms with van der Waals surface area (Å²) in [6.07, 6.45) is 4.20. The molecule has 0 bridgehead atoms. The van der Waals surface area contributed by atoms with Gasteiger partial charge in [0, 0.05) is 6.54 Å². The van der Waals surface area contributed by atoms with E-state index in [1.165, 1.54) is 5.56 Å². The Morgan fingerprint density at radius 2 is 1.59 bits per heavy atom. The van der Waals surface area contributed by atoms with Crippen molar-refractivity contribution in [2.75, 3.05) is 0 Å². The summed E-state index contributed by atoms with van der Waals surface area (Å²) in [4.78, 5) is 0. The number of benzene rings is 2. The third-order valence-corrected chi connectivity index (χ3v) is 4.78. The van der Waals surface area contributed by atoms with Gasteiger partial charge in [0.2, 0.25) is 0 Å². The highest BCUT2D eigenvalue weighted by atomic mass is 32.2. The summed E-state index contributed by atoms with van der Waals surface area (Å²) in [5.74, 6) is 0. The lowest BCUT2D eigenvalue weighted by Crippen LogP contribution is -2.33. The first-order valence-corrected chi connectivity index (χ1v) is 8.58. The number of rotatable bonds is 5. The third kappa shape index (κ3) is 4.93. The SMILES string of the molecule is CC(C)(C)[S@](=O)NCc1ccccc1/C=C/c1ccccc1. The van der Waals surface area contributed by atoms with Crippen LogP contribution in [0.4, 0.5) is 0 Å². The van der Waals surface area contributed by atoms with E-state index in [1.807, 2.05) is 51.1 Å². The maximum Gasteiger partial charge on any atom is 0.0973 e. The van der Waals surface area contributed by atoms with Gasteiger partial charge < -0.3 is 0 Å². The van der Waals surface area contributed by atoms with Crippen molar-refractivity contribution in [2.45, 2.75) is 32.1 Å². The Bertz CT molecular complexity index is 657. The molecule has 2 aromatic rings. The Morgan fingerprint density at radius 3 is 2.27 bits per heavy atom. The van der Waals surface area contributed by atoms with Gasteiger partial charge in [0.15, 0.2) is 0 Å². The van der Waals surface area contributed by atoms with Crippen LogP contribution >= 0.6 is 0 Å². The zero-order valence-electron chi connectivity index (χ0n) is 13.4. The van der Waals surface area contributed by atoms with E-state index < -0.39 is 11.0 Å². The molecule has 0 saturated carbocycles. The van der Waals surface area contributed by atoms with E-state index in [9.17, 15) is 4.21 Å². The molecule has 0 heterocycles. The van der Waals surface area contributed by atoms with E-state index >= 15 is 0 Å². The summed E-state index contributed by atoms with van der Waals surface area (Å²) in [7, 11) is -1.06. The van der Waals surface area contributed by atoms with Crippen LogP contribution in [0.25, 0.3) is 12.2 Å². The summed E-state index contributed by atoms with van der Waals surface area (Å²) in [5.41, 5.74) is 3.46. The Hall–Kier alpha value is -1.71. The van der Waals surface area contributed by atoms with Crippen LogP contribution in [0.3, 0.4) is 0 Å². The van der Waals surface area contributed by atoms with Crippen molar-refractivity contribution >= 4 is 23.1 Å². The Morgan fingerprint density at radius 1 is 0.955 bits per heavy atom. The number of nitrogens with one attached hydrogen (secondary N) is 1. The van der Waals surface area contributed by atoms with E-state index in [-0.39, 0.29) is 4.75 Å². The van der Waals surface area contributed by atoms with Crippen molar-refractivity contribution in [1.29, 1.82) is 0 Å². The Kier molecular flexibility index (Phi) is 5.69. The van der Waals surface area contributed by atoms with Gasteiger partial charge in [-0.05, 0) is 37.5 Å². The number of hydrogen-bond donors (Lipinski definition) is 1. The van der Waals surface area contributed by atoms with Crippen molar-refractivity contribution < 1.29 is 4.21 Å². The molecule has 1 N–H and O–H groups in total. The fraction of sp³-hybridized carbons (Fsp3) is 0.263. The first-order chi connectivity index (χ1) is 10.5. The summed E-state index contributed by atoms with van der Waals surface area (Å²) >= 11 is 0. The molecule has 0 saturated heterocycles. The molecule has 3 heteroatoms. The highest BCUT2D eigenvalue weighted by Crippen LogP contribution is 2.15. The number of hydrogen-bond acceptors (Lipinski definition) is 1. The first kappa shape index (κ1) is 16.7. The predicted octanol–water partition coefficient (Wildman–Crippen LogP) is 4.41. The van der Waals surface area contributed by atoms with Crippen molar-refractivity contribution in [3.05, 3.63) is 71.3 Å². The molecule has 0 amide bonds. The molecule has 1 atom stereocenters. The minimum Gasteiger partial charge on any atom is -0.242 e. The smallest absolute Gasteiger partial charge is 0.0973 e. The highest BCUT2D eigenvalue weighted by molar-refractivity contribution is 7.84. The maximum atomic E-state index is 12.1. The molecule has 0 aliphatic heterocycles. The molecule has 0 aliphatic carbocycles. The van der Waals surface area contributed by atoms with Crippen LogP contribution in [0, 0.1) is 0 Å².